The highest BCUT2D eigenvalue weighted by Crippen LogP contribution is 2.40. The molecule has 1 aromatic rings. The van der Waals surface area contributed by atoms with E-state index in [9.17, 15) is 4.39 Å². The minimum absolute atomic E-state index is 0.152. The second kappa shape index (κ2) is 6.57. The minimum atomic E-state index is -0.152. The maximum absolute atomic E-state index is 13.3. The second-order valence-corrected chi connectivity index (χ2v) is 7.29. The van der Waals surface area contributed by atoms with E-state index in [1.54, 1.807) is 12.1 Å². The standard InChI is InChI=1S/C17H23BrFN/c18-17-8-6-15(19)9-14(17)11-20-16-7-5-12-3-1-2-4-13(12)10-16/h6,8-9,12-13,16,20H,1-5,7,10-11H2. The van der Waals surface area contributed by atoms with Crippen LogP contribution in [0.5, 0.6) is 0 Å². The molecular formula is C17H23BrFN. The number of hydrogen-bond acceptors (Lipinski definition) is 1. The van der Waals surface area contributed by atoms with E-state index >= 15 is 0 Å². The summed E-state index contributed by atoms with van der Waals surface area (Å²) in [5.41, 5.74) is 1.02. The molecular weight excluding hydrogens is 317 g/mol. The third-order valence-corrected chi connectivity index (χ3v) is 5.90. The molecule has 0 saturated heterocycles. The first kappa shape index (κ1) is 14.5. The van der Waals surface area contributed by atoms with Crippen molar-refractivity contribution in [3.8, 4) is 0 Å². The van der Waals surface area contributed by atoms with E-state index in [4.69, 9.17) is 0 Å². The SMILES string of the molecule is Fc1ccc(Br)c(CNC2CCC3CCCCC3C2)c1. The minimum Gasteiger partial charge on any atom is -0.310 e. The highest BCUT2D eigenvalue weighted by atomic mass is 79.9. The Morgan fingerprint density at radius 1 is 1.10 bits per heavy atom. The molecule has 0 bridgehead atoms. The zero-order valence-corrected chi connectivity index (χ0v) is 13.5. The van der Waals surface area contributed by atoms with Gasteiger partial charge in [-0.15, -0.1) is 0 Å². The van der Waals surface area contributed by atoms with E-state index in [0.717, 1.165) is 28.4 Å². The first-order valence-electron chi connectivity index (χ1n) is 7.89. The Hall–Kier alpha value is -0.410. The van der Waals surface area contributed by atoms with Crippen molar-refractivity contribution in [2.45, 2.75) is 57.5 Å². The Bertz CT molecular complexity index is 462. The zero-order chi connectivity index (χ0) is 13.9. The van der Waals surface area contributed by atoms with Gasteiger partial charge in [0.1, 0.15) is 5.82 Å². The van der Waals surface area contributed by atoms with Crippen LogP contribution >= 0.6 is 15.9 Å². The number of fused-ring (bicyclic) bond motifs is 1. The van der Waals surface area contributed by atoms with Crippen LogP contribution in [-0.4, -0.2) is 6.04 Å². The van der Waals surface area contributed by atoms with Crippen LogP contribution in [0.25, 0.3) is 0 Å². The summed E-state index contributed by atoms with van der Waals surface area (Å²) in [5, 5.41) is 3.64. The highest BCUT2D eigenvalue weighted by Gasteiger charge is 2.31. The van der Waals surface area contributed by atoms with Crippen LogP contribution in [0.2, 0.25) is 0 Å². The highest BCUT2D eigenvalue weighted by molar-refractivity contribution is 9.10. The van der Waals surface area contributed by atoms with Crippen molar-refractivity contribution in [1.82, 2.24) is 5.32 Å². The van der Waals surface area contributed by atoms with Gasteiger partial charge in [-0.1, -0.05) is 41.6 Å². The lowest BCUT2D eigenvalue weighted by Gasteiger charge is -2.39. The maximum atomic E-state index is 13.3. The van der Waals surface area contributed by atoms with Gasteiger partial charge < -0.3 is 5.32 Å². The second-order valence-electron chi connectivity index (χ2n) is 6.43. The number of halogens is 2. The number of hydrogen-bond donors (Lipinski definition) is 1. The molecule has 0 heterocycles. The third kappa shape index (κ3) is 3.43. The van der Waals surface area contributed by atoms with Gasteiger partial charge in [-0.3, -0.25) is 0 Å². The molecule has 1 nitrogen and oxygen atoms in total. The largest absolute Gasteiger partial charge is 0.310 e. The summed E-state index contributed by atoms with van der Waals surface area (Å²) < 4.78 is 14.3. The summed E-state index contributed by atoms with van der Waals surface area (Å²) in [6.45, 7) is 0.764. The lowest BCUT2D eigenvalue weighted by Crippen LogP contribution is -2.38. The molecule has 1 N–H and O–H groups in total. The molecule has 3 heteroatoms. The fourth-order valence-corrected chi connectivity index (χ4v) is 4.38. The Labute approximate surface area is 129 Å². The molecule has 0 radical (unpaired) electrons. The first-order valence-corrected chi connectivity index (χ1v) is 8.69. The van der Waals surface area contributed by atoms with Crippen LogP contribution in [0.4, 0.5) is 4.39 Å². The van der Waals surface area contributed by atoms with Crippen molar-refractivity contribution in [2.75, 3.05) is 0 Å². The molecule has 2 aliphatic carbocycles. The van der Waals surface area contributed by atoms with Crippen molar-refractivity contribution in [3.63, 3.8) is 0 Å². The Morgan fingerprint density at radius 3 is 2.75 bits per heavy atom. The van der Waals surface area contributed by atoms with Gasteiger partial charge in [0.2, 0.25) is 0 Å². The average molecular weight is 340 g/mol. The van der Waals surface area contributed by atoms with E-state index in [1.807, 2.05) is 0 Å². The van der Waals surface area contributed by atoms with Crippen molar-refractivity contribution in [1.29, 1.82) is 0 Å². The molecule has 20 heavy (non-hydrogen) atoms. The van der Waals surface area contributed by atoms with Crippen molar-refractivity contribution >= 4 is 15.9 Å². The first-order chi connectivity index (χ1) is 9.72. The van der Waals surface area contributed by atoms with E-state index in [1.165, 1.54) is 51.0 Å². The normalized spacial score (nSPS) is 30.0. The predicted molar refractivity (Wildman–Crippen MR) is 84.0 cm³/mol. The van der Waals surface area contributed by atoms with E-state index in [2.05, 4.69) is 21.2 Å². The number of nitrogens with one attached hydrogen (secondary N) is 1. The van der Waals surface area contributed by atoms with Gasteiger partial charge in [0.05, 0.1) is 0 Å². The number of benzene rings is 1. The monoisotopic (exact) mass is 339 g/mol. The van der Waals surface area contributed by atoms with Gasteiger partial charge >= 0.3 is 0 Å². The molecule has 0 amide bonds. The Morgan fingerprint density at radius 2 is 1.90 bits per heavy atom. The summed E-state index contributed by atoms with van der Waals surface area (Å²) in [6.07, 6.45) is 9.72. The molecule has 0 aromatic heterocycles. The quantitative estimate of drug-likeness (QED) is 0.813. The summed E-state index contributed by atoms with van der Waals surface area (Å²) >= 11 is 3.50. The van der Waals surface area contributed by atoms with E-state index in [0.29, 0.717) is 6.04 Å². The topological polar surface area (TPSA) is 12.0 Å². The van der Waals surface area contributed by atoms with Gasteiger partial charge in [0.25, 0.3) is 0 Å². The fraction of sp³-hybridized carbons (Fsp3) is 0.647. The Balaban J connectivity index is 1.55. The van der Waals surface area contributed by atoms with E-state index in [-0.39, 0.29) is 5.82 Å². The predicted octanol–water partition coefficient (Wildman–Crippen LogP) is 5.04. The molecule has 3 rings (SSSR count). The number of rotatable bonds is 3. The molecule has 2 saturated carbocycles. The molecule has 2 aliphatic rings. The maximum Gasteiger partial charge on any atom is 0.123 e. The van der Waals surface area contributed by atoms with Gasteiger partial charge in [0.15, 0.2) is 0 Å². The molecule has 3 unspecified atom stereocenters. The average Bonchev–Trinajstić information content (AvgIpc) is 2.48. The van der Waals surface area contributed by atoms with Crippen LogP contribution < -0.4 is 5.32 Å². The zero-order valence-electron chi connectivity index (χ0n) is 11.9. The van der Waals surface area contributed by atoms with Crippen molar-refractivity contribution < 1.29 is 4.39 Å². The summed E-state index contributed by atoms with van der Waals surface area (Å²) in [4.78, 5) is 0. The van der Waals surface area contributed by atoms with Gasteiger partial charge in [-0.2, -0.15) is 0 Å². The van der Waals surface area contributed by atoms with Crippen LogP contribution in [0.1, 0.15) is 50.5 Å². The van der Waals surface area contributed by atoms with Crippen molar-refractivity contribution in [3.05, 3.63) is 34.1 Å². The molecule has 0 spiro atoms. The summed E-state index contributed by atoms with van der Waals surface area (Å²) in [5.74, 6) is 1.77. The van der Waals surface area contributed by atoms with Gasteiger partial charge in [-0.25, -0.2) is 4.39 Å². The Kier molecular flexibility index (Phi) is 4.77. The lowest BCUT2D eigenvalue weighted by molar-refractivity contribution is 0.143. The van der Waals surface area contributed by atoms with Gasteiger partial charge in [0, 0.05) is 17.1 Å². The van der Waals surface area contributed by atoms with Crippen LogP contribution in [0, 0.1) is 17.7 Å². The van der Waals surface area contributed by atoms with Gasteiger partial charge in [-0.05, 0) is 54.9 Å². The van der Waals surface area contributed by atoms with Crippen molar-refractivity contribution in [2.24, 2.45) is 11.8 Å². The molecule has 110 valence electrons. The summed E-state index contributed by atoms with van der Waals surface area (Å²) in [7, 11) is 0. The smallest absolute Gasteiger partial charge is 0.123 e. The fourth-order valence-electron chi connectivity index (χ4n) is 3.99. The molecule has 0 aliphatic heterocycles. The molecule has 1 aromatic carbocycles. The van der Waals surface area contributed by atoms with Crippen LogP contribution in [0.15, 0.2) is 22.7 Å². The van der Waals surface area contributed by atoms with Crippen LogP contribution in [0.3, 0.4) is 0 Å². The van der Waals surface area contributed by atoms with E-state index < -0.39 is 0 Å². The van der Waals surface area contributed by atoms with Crippen LogP contribution in [-0.2, 0) is 6.54 Å². The summed E-state index contributed by atoms with van der Waals surface area (Å²) in [6, 6.07) is 5.54. The molecule has 3 atom stereocenters. The lowest BCUT2D eigenvalue weighted by atomic mass is 9.69. The molecule has 2 fully saturated rings. The third-order valence-electron chi connectivity index (χ3n) is 5.13.